The second-order valence-corrected chi connectivity index (χ2v) is 4.01. The summed E-state index contributed by atoms with van der Waals surface area (Å²) in [5.41, 5.74) is 2.37. The van der Waals surface area contributed by atoms with Crippen LogP contribution in [-0.2, 0) is 16.0 Å². The number of ether oxygens (including phenoxy) is 1. The van der Waals surface area contributed by atoms with Gasteiger partial charge in [-0.3, -0.25) is 4.79 Å². The maximum Gasteiger partial charge on any atom is 0.308 e. The van der Waals surface area contributed by atoms with Crippen molar-refractivity contribution in [2.24, 2.45) is 0 Å². The standard InChI is InChI=1S/C13H18O3/c1-10-3-5-12(6-4-10)7-8-16-13(15)9-11(2)14/h3-6,11,14H,7-9H2,1-2H3/t11-/m1/s1. The average Bonchev–Trinajstić information content (AvgIpc) is 2.20. The molecule has 1 aromatic carbocycles. The summed E-state index contributed by atoms with van der Waals surface area (Å²) >= 11 is 0. The molecule has 88 valence electrons. The van der Waals surface area contributed by atoms with E-state index in [1.165, 1.54) is 5.56 Å². The summed E-state index contributed by atoms with van der Waals surface area (Å²) in [6.45, 7) is 3.97. The molecule has 1 atom stereocenters. The van der Waals surface area contributed by atoms with E-state index in [4.69, 9.17) is 9.84 Å². The molecule has 0 heterocycles. The fourth-order valence-electron chi connectivity index (χ4n) is 1.34. The summed E-state index contributed by atoms with van der Waals surface area (Å²) in [6.07, 6.45) is 0.145. The highest BCUT2D eigenvalue weighted by molar-refractivity contribution is 5.69. The molecule has 0 spiro atoms. The second kappa shape index (κ2) is 6.28. The fraction of sp³-hybridized carbons (Fsp3) is 0.462. The van der Waals surface area contributed by atoms with E-state index in [0.29, 0.717) is 13.0 Å². The maximum atomic E-state index is 11.1. The first-order chi connectivity index (χ1) is 7.58. The van der Waals surface area contributed by atoms with Gasteiger partial charge in [0.05, 0.1) is 19.1 Å². The van der Waals surface area contributed by atoms with E-state index in [-0.39, 0.29) is 12.4 Å². The van der Waals surface area contributed by atoms with E-state index in [1.807, 2.05) is 31.2 Å². The molecule has 1 rings (SSSR count). The molecular formula is C13H18O3. The van der Waals surface area contributed by atoms with E-state index in [0.717, 1.165) is 5.56 Å². The van der Waals surface area contributed by atoms with Crippen molar-refractivity contribution in [3.63, 3.8) is 0 Å². The van der Waals surface area contributed by atoms with Crippen LogP contribution in [0.15, 0.2) is 24.3 Å². The highest BCUT2D eigenvalue weighted by atomic mass is 16.5. The molecule has 0 saturated carbocycles. The van der Waals surface area contributed by atoms with Crippen LogP contribution < -0.4 is 0 Å². The predicted octanol–water partition coefficient (Wildman–Crippen LogP) is 1.85. The number of benzene rings is 1. The Balaban J connectivity index is 2.25. The average molecular weight is 222 g/mol. The van der Waals surface area contributed by atoms with Gasteiger partial charge in [0.1, 0.15) is 0 Å². The van der Waals surface area contributed by atoms with Gasteiger partial charge >= 0.3 is 5.97 Å². The number of rotatable bonds is 5. The third-order valence-electron chi connectivity index (χ3n) is 2.24. The van der Waals surface area contributed by atoms with Crippen LogP contribution in [0.25, 0.3) is 0 Å². The lowest BCUT2D eigenvalue weighted by molar-refractivity contribution is -0.145. The van der Waals surface area contributed by atoms with Crippen molar-refractivity contribution in [3.05, 3.63) is 35.4 Å². The second-order valence-electron chi connectivity index (χ2n) is 4.01. The summed E-state index contributed by atoms with van der Waals surface area (Å²) in [6, 6.07) is 8.12. The maximum absolute atomic E-state index is 11.1. The molecule has 0 radical (unpaired) electrons. The van der Waals surface area contributed by atoms with Gasteiger partial charge in [-0.05, 0) is 19.4 Å². The topological polar surface area (TPSA) is 46.5 Å². The zero-order valence-electron chi connectivity index (χ0n) is 9.77. The molecule has 0 fully saturated rings. The first-order valence-corrected chi connectivity index (χ1v) is 5.47. The van der Waals surface area contributed by atoms with Crippen LogP contribution in [-0.4, -0.2) is 23.8 Å². The van der Waals surface area contributed by atoms with Crippen molar-refractivity contribution >= 4 is 5.97 Å². The number of aryl methyl sites for hydroxylation is 1. The molecule has 0 saturated heterocycles. The normalized spacial score (nSPS) is 12.2. The molecule has 3 nitrogen and oxygen atoms in total. The molecule has 0 bridgehead atoms. The van der Waals surface area contributed by atoms with Crippen LogP contribution in [0.4, 0.5) is 0 Å². The summed E-state index contributed by atoms with van der Waals surface area (Å²) in [5, 5.41) is 8.97. The van der Waals surface area contributed by atoms with Gasteiger partial charge in [-0.2, -0.15) is 0 Å². The Labute approximate surface area is 96.1 Å². The summed E-state index contributed by atoms with van der Waals surface area (Å²) < 4.78 is 4.99. The highest BCUT2D eigenvalue weighted by Crippen LogP contribution is 2.04. The van der Waals surface area contributed by atoms with E-state index in [1.54, 1.807) is 6.92 Å². The summed E-state index contributed by atoms with van der Waals surface area (Å²) in [5.74, 6) is -0.345. The van der Waals surface area contributed by atoms with Crippen LogP contribution in [0.5, 0.6) is 0 Å². The molecule has 0 aliphatic heterocycles. The lowest BCUT2D eigenvalue weighted by atomic mass is 10.1. The largest absolute Gasteiger partial charge is 0.465 e. The fourth-order valence-corrected chi connectivity index (χ4v) is 1.34. The molecule has 3 heteroatoms. The Morgan fingerprint density at radius 3 is 2.56 bits per heavy atom. The number of aliphatic hydroxyl groups is 1. The van der Waals surface area contributed by atoms with Crippen LogP contribution in [0.2, 0.25) is 0 Å². The van der Waals surface area contributed by atoms with Gasteiger partial charge < -0.3 is 9.84 Å². The summed E-state index contributed by atoms with van der Waals surface area (Å²) in [4.78, 5) is 11.1. The van der Waals surface area contributed by atoms with E-state index >= 15 is 0 Å². The van der Waals surface area contributed by atoms with Gasteiger partial charge in [0.25, 0.3) is 0 Å². The highest BCUT2D eigenvalue weighted by Gasteiger charge is 2.06. The zero-order chi connectivity index (χ0) is 12.0. The molecule has 0 amide bonds. The first kappa shape index (κ1) is 12.7. The number of hydrogen-bond acceptors (Lipinski definition) is 3. The van der Waals surface area contributed by atoms with Gasteiger partial charge in [-0.25, -0.2) is 0 Å². The molecular weight excluding hydrogens is 204 g/mol. The number of aliphatic hydroxyl groups excluding tert-OH is 1. The van der Waals surface area contributed by atoms with Crippen LogP contribution in [0.3, 0.4) is 0 Å². The SMILES string of the molecule is Cc1ccc(CCOC(=O)C[C@@H](C)O)cc1. The number of carbonyl (C=O) groups is 1. The quantitative estimate of drug-likeness (QED) is 0.773. The third kappa shape index (κ3) is 4.94. The lowest BCUT2D eigenvalue weighted by Gasteiger charge is -2.06. The Morgan fingerprint density at radius 1 is 1.38 bits per heavy atom. The monoisotopic (exact) mass is 222 g/mol. The molecule has 0 aromatic heterocycles. The lowest BCUT2D eigenvalue weighted by Crippen LogP contribution is -2.14. The Hall–Kier alpha value is -1.35. The van der Waals surface area contributed by atoms with Crippen molar-refractivity contribution in [1.29, 1.82) is 0 Å². The van der Waals surface area contributed by atoms with Crippen molar-refractivity contribution in [3.8, 4) is 0 Å². The van der Waals surface area contributed by atoms with Gasteiger partial charge in [0, 0.05) is 6.42 Å². The minimum Gasteiger partial charge on any atom is -0.465 e. The molecule has 1 N–H and O–H groups in total. The smallest absolute Gasteiger partial charge is 0.308 e. The number of esters is 1. The van der Waals surface area contributed by atoms with Crippen LogP contribution in [0.1, 0.15) is 24.5 Å². The molecule has 1 aromatic rings. The van der Waals surface area contributed by atoms with Gasteiger partial charge in [-0.15, -0.1) is 0 Å². The third-order valence-corrected chi connectivity index (χ3v) is 2.24. The van der Waals surface area contributed by atoms with E-state index < -0.39 is 6.10 Å². The minimum atomic E-state index is -0.633. The predicted molar refractivity (Wildman–Crippen MR) is 62.1 cm³/mol. The molecule has 0 aliphatic rings. The van der Waals surface area contributed by atoms with Crippen molar-refractivity contribution in [1.82, 2.24) is 0 Å². The Kier molecular flexibility index (Phi) is 4.99. The van der Waals surface area contributed by atoms with Crippen molar-refractivity contribution < 1.29 is 14.6 Å². The molecule has 16 heavy (non-hydrogen) atoms. The van der Waals surface area contributed by atoms with Gasteiger partial charge in [0.15, 0.2) is 0 Å². The molecule has 0 aliphatic carbocycles. The van der Waals surface area contributed by atoms with Gasteiger partial charge in [0.2, 0.25) is 0 Å². The first-order valence-electron chi connectivity index (χ1n) is 5.47. The zero-order valence-corrected chi connectivity index (χ0v) is 9.77. The van der Waals surface area contributed by atoms with E-state index in [9.17, 15) is 4.79 Å². The van der Waals surface area contributed by atoms with Crippen LogP contribution in [0, 0.1) is 6.92 Å². The Bertz CT molecular complexity index is 328. The van der Waals surface area contributed by atoms with E-state index in [2.05, 4.69) is 0 Å². The number of carbonyl (C=O) groups excluding carboxylic acids is 1. The van der Waals surface area contributed by atoms with Gasteiger partial charge in [-0.1, -0.05) is 29.8 Å². The van der Waals surface area contributed by atoms with Crippen LogP contribution >= 0.6 is 0 Å². The summed E-state index contributed by atoms with van der Waals surface area (Å²) in [7, 11) is 0. The van der Waals surface area contributed by atoms with Crippen molar-refractivity contribution in [2.75, 3.05) is 6.61 Å². The van der Waals surface area contributed by atoms with Crippen molar-refractivity contribution in [2.45, 2.75) is 32.8 Å². The Morgan fingerprint density at radius 2 is 2.00 bits per heavy atom. The minimum absolute atomic E-state index is 0.0634. The molecule has 0 unspecified atom stereocenters. The number of hydrogen-bond donors (Lipinski definition) is 1.